The fourth-order valence-corrected chi connectivity index (χ4v) is 2.67. The first-order valence-electron chi connectivity index (χ1n) is 4.91. The van der Waals surface area contributed by atoms with Crippen LogP contribution in [0, 0.1) is 0 Å². The zero-order valence-corrected chi connectivity index (χ0v) is 9.79. The molecule has 76 valence electrons. The molecule has 0 aromatic heterocycles. The van der Waals surface area contributed by atoms with Gasteiger partial charge in [0.2, 0.25) is 0 Å². The second-order valence-corrected chi connectivity index (χ2v) is 5.11. The van der Waals surface area contributed by atoms with Crippen LogP contribution in [0.1, 0.15) is 0 Å². The van der Waals surface area contributed by atoms with Gasteiger partial charge in [-0.05, 0) is 17.3 Å². The Kier molecular flexibility index (Phi) is 3.17. The molecule has 1 N–H and O–H groups in total. The van der Waals surface area contributed by atoms with Gasteiger partial charge in [-0.3, -0.25) is 9.94 Å². The van der Waals surface area contributed by atoms with E-state index in [0.717, 1.165) is 5.69 Å². The standard InChI is InChI=1S/C12H13NOSi/c14-13(11-7-3-1-4-8-11)15-12-9-5-2-6-10-12/h1-10,14H,15H2. The summed E-state index contributed by atoms with van der Waals surface area (Å²) in [5, 5.41) is 11.1. The average Bonchev–Trinajstić information content (AvgIpc) is 2.31. The van der Waals surface area contributed by atoms with Crippen LogP contribution in [-0.4, -0.2) is 14.9 Å². The molecule has 0 saturated carbocycles. The average molecular weight is 215 g/mol. The number of hydrogen-bond donors (Lipinski definition) is 1. The van der Waals surface area contributed by atoms with E-state index in [1.807, 2.05) is 48.5 Å². The summed E-state index contributed by atoms with van der Waals surface area (Å²) in [6.07, 6.45) is 0. The van der Waals surface area contributed by atoms with Crippen LogP contribution in [0.15, 0.2) is 60.7 Å². The third-order valence-electron chi connectivity index (χ3n) is 2.23. The molecule has 0 fully saturated rings. The minimum absolute atomic E-state index is 0.796. The molecular weight excluding hydrogens is 202 g/mol. The van der Waals surface area contributed by atoms with Gasteiger partial charge in [0, 0.05) is 0 Å². The van der Waals surface area contributed by atoms with E-state index in [1.54, 1.807) is 0 Å². The van der Waals surface area contributed by atoms with Crippen molar-refractivity contribution in [3.05, 3.63) is 60.7 Å². The predicted octanol–water partition coefficient (Wildman–Crippen LogP) is 1.29. The maximum Gasteiger partial charge on any atom is 0.190 e. The summed E-state index contributed by atoms with van der Waals surface area (Å²) in [7, 11) is -0.796. The molecule has 2 nitrogen and oxygen atoms in total. The molecule has 15 heavy (non-hydrogen) atoms. The molecule has 0 unspecified atom stereocenters. The Balaban J connectivity index is 2.08. The summed E-state index contributed by atoms with van der Waals surface area (Å²) >= 11 is 0. The van der Waals surface area contributed by atoms with Gasteiger partial charge in [-0.15, -0.1) is 0 Å². The second-order valence-electron chi connectivity index (χ2n) is 3.38. The van der Waals surface area contributed by atoms with Crippen molar-refractivity contribution in [1.29, 1.82) is 0 Å². The first-order chi connectivity index (χ1) is 7.36. The van der Waals surface area contributed by atoms with Crippen LogP contribution >= 0.6 is 0 Å². The normalized spacial score (nSPS) is 10.7. The van der Waals surface area contributed by atoms with Gasteiger partial charge in [-0.2, -0.15) is 0 Å². The molecule has 0 heterocycles. The molecule has 0 aliphatic heterocycles. The number of rotatable bonds is 3. The lowest BCUT2D eigenvalue weighted by Gasteiger charge is -2.16. The third-order valence-corrected chi connectivity index (χ3v) is 3.73. The second kappa shape index (κ2) is 4.77. The van der Waals surface area contributed by atoms with Crippen molar-refractivity contribution in [3.63, 3.8) is 0 Å². The minimum Gasteiger partial charge on any atom is -0.297 e. The molecule has 0 saturated heterocycles. The maximum atomic E-state index is 9.87. The number of nitrogens with zero attached hydrogens (tertiary/aromatic N) is 1. The Morgan fingerprint density at radius 3 is 1.93 bits per heavy atom. The lowest BCUT2D eigenvalue weighted by Crippen LogP contribution is -2.32. The molecule has 0 amide bonds. The number of benzene rings is 2. The number of hydrogen-bond acceptors (Lipinski definition) is 2. The Morgan fingerprint density at radius 1 is 0.800 bits per heavy atom. The van der Waals surface area contributed by atoms with Gasteiger partial charge in [0.15, 0.2) is 9.68 Å². The lowest BCUT2D eigenvalue weighted by atomic mass is 10.3. The Hall–Kier alpha value is -1.58. The molecule has 0 bridgehead atoms. The van der Waals surface area contributed by atoms with Gasteiger partial charge in [0.25, 0.3) is 0 Å². The van der Waals surface area contributed by atoms with E-state index < -0.39 is 9.68 Å². The van der Waals surface area contributed by atoms with Crippen LogP contribution in [0.4, 0.5) is 5.69 Å². The van der Waals surface area contributed by atoms with Gasteiger partial charge in [-0.1, -0.05) is 48.5 Å². The highest BCUT2D eigenvalue weighted by molar-refractivity contribution is 6.56. The highest BCUT2D eigenvalue weighted by Crippen LogP contribution is 2.08. The smallest absolute Gasteiger partial charge is 0.190 e. The van der Waals surface area contributed by atoms with E-state index >= 15 is 0 Å². The van der Waals surface area contributed by atoms with E-state index in [-0.39, 0.29) is 0 Å². The van der Waals surface area contributed by atoms with Gasteiger partial charge < -0.3 is 0 Å². The van der Waals surface area contributed by atoms with Crippen LogP contribution in [0.5, 0.6) is 0 Å². The van der Waals surface area contributed by atoms with Crippen molar-refractivity contribution in [1.82, 2.24) is 0 Å². The van der Waals surface area contributed by atoms with Crippen molar-refractivity contribution in [2.45, 2.75) is 0 Å². The fourth-order valence-electron chi connectivity index (χ4n) is 1.45. The van der Waals surface area contributed by atoms with Crippen LogP contribution < -0.4 is 9.92 Å². The summed E-state index contributed by atoms with van der Waals surface area (Å²) < 4.78 is 1.38. The zero-order chi connectivity index (χ0) is 10.5. The van der Waals surface area contributed by atoms with E-state index in [2.05, 4.69) is 12.1 Å². The number of anilines is 1. The Labute approximate surface area is 91.7 Å². The highest BCUT2D eigenvalue weighted by atomic mass is 28.2. The van der Waals surface area contributed by atoms with E-state index in [4.69, 9.17) is 0 Å². The summed E-state index contributed by atoms with van der Waals surface area (Å²) in [6.45, 7) is 0. The first-order valence-corrected chi connectivity index (χ1v) is 6.25. The SMILES string of the molecule is ON([SiH2]c1ccccc1)c1ccccc1. The minimum atomic E-state index is -0.796. The monoisotopic (exact) mass is 215 g/mol. The molecule has 2 rings (SSSR count). The van der Waals surface area contributed by atoms with Crippen LogP contribution in [0.2, 0.25) is 0 Å². The van der Waals surface area contributed by atoms with Crippen molar-refractivity contribution in [2.75, 3.05) is 4.73 Å². The molecule has 0 radical (unpaired) electrons. The summed E-state index contributed by atoms with van der Waals surface area (Å²) in [5.74, 6) is 0. The van der Waals surface area contributed by atoms with Crippen molar-refractivity contribution in [2.24, 2.45) is 0 Å². The van der Waals surface area contributed by atoms with E-state index in [1.165, 1.54) is 9.92 Å². The van der Waals surface area contributed by atoms with E-state index in [9.17, 15) is 5.21 Å². The van der Waals surface area contributed by atoms with Crippen molar-refractivity contribution < 1.29 is 5.21 Å². The zero-order valence-electron chi connectivity index (χ0n) is 8.38. The molecule has 3 heteroatoms. The van der Waals surface area contributed by atoms with Crippen molar-refractivity contribution in [3.8, 4) is 0 Å². The molecule has 0 atom stereocenters. The summed E-state index contributed by atoms with van der Waals surface area (Å²) in [5.41, 5.74) is 0.869. The third kappa shape index (κ3) is 2.68. The number of para-hydroxylation sites is 1. The van der Waals surface area contributed by atoms with Gasteiger partial charge in [-0.25, -0.2) is 0 Å². The largest absolute Gasteiger partial charge is 0.297 e. The molecule has 0 aliphatic carbocycles. The molecule has 0 aliphatic rings. The lowest BCUT2D eigenvalue weighted by molar-refractivity contribution is 0.323. The molecular formula is C12H13NOSi. The summed E-state index contributed by atoms with van der Waals surface area (Å²) in [6, 6.07) is 19.7. The van der Waals surface area contributed by atoms with Crippen LogP contribution in [0.3, 0.4) is 0 Å². The maximum absolute atomic E-state index is 9.87. The van der Waals surface area contributed by atoms with Gasteiger partial charge in [0.05, 0.1) is 5.69 Å². The first kappa shape index (κ1) is 9.95. The van der Waals surface area contributed by atoms with Crippen LogP contribution in [-0.2, 0) is 0 Å². The summed E-state index contributed by atoms with van der Waals surface area (Å²) in [4.78, 5) is 0. The molecule has 2 aromatic carbocycles. The quantitative estimate of drug-likeness (QED) is 0.616. The highest BCUT2D eigenvalue weighted by Gasteiger charge is 2.02. The van der Waals surface area contributed by atoms with E-state index in [0.29, 0.717) is 0 Å². The fraction of sp³-hybridized carbons (Fsp3) is 0. The Bertz CT molecular complexity index is 404. The van der Waals surface area contributed by atoms with Gasteiger partial charge in [0.1, 0.15) is 0 Å². The Morgan fingerprint density at radius 2 is 1.33 bits per heavy atom. The molecule has 0 spiro atoms. The topological polar surface area (TPSA) is 23.5 Å². The predicted molar refractivity (Wildman–Crippen MR) is 65.3 cm³/mol. The van der Waals surface area contributed by atoms with Gasteiger partial charge >= 0.3 is 0 Å². The van der Waals surface area contributed by atoms with Crippen molar-refractivity contribution >= 4 is 20.6 Å². The van der Waals surface area contributed by atoms with Crippen LogP contribution in [0.25, 0.3) is 0 Å². The molecule has 2 aromatic rings.